The molecule has 0 spiro atoms. The van der Waals surface area contributed by atoms with Crippen LogP contribution < -0.4 is 15.0 Å². The van der Waals surface area contributed by atoms with Crippen LogP contribution in [0.4, 0.5) is 11.4 Å². The van der Waals surface area contributed by atoms with Gasteiger partial charge >= 0.3 is 0 Å². The fraction of sp³-hybridized carbons (Fsp3) is 0.208. The van der Waals surface area contributed by atoms with E-state index in [1.165, 1.54) is 11.8 Å². The van der Waals surface area contributed by atoms with Crippen molar-refractivity contribution in [2.45, 2.75) is 36.2 Å². The van der Waals surface area contributed by atoms with Crippen LogP contribution in [-0.4, -0.2) is 29.9 Å². The lowest BCUT2D eigenvalue weighted by Gasteiger charge is -2.27. The molecule has 1 aromatic heterocycles. The Kier molecular flexibility index (Phi) is 5.95. The van der Waals surface area contributed by atoms with Gasteiger partial charge < -0.3 is 15.0 Å². The summed E-state index contributed by atoms with van der Waals surface area (Å²) in [6, 6.07) is 16.6. The molecule has 1 aliphatic rings. The largest absolute Gasteiger partial charge is 0.497 e. The minimum atomic E-state index is -0.123. The molecule has 0 bridgehead atoms. The zero-order chi connectivity index (χ0) is 22.0. The van der Waals surface area contributed by atoms with Crippen LogP contribution in [0.2, 0.25) is 0 Å². The minimum absolute atomic E-state index is 0.0218. The van der Waals surface area contributed by atoms with Gasteiger partial charge in [0.15, 0.2) is 0 Å². The molecular formula is C24H23N3O3S. The lowest BCUT2D eigenvalue weighted by Crippen LogP contribution is -2.37. The molecule has 31 heavy (non-hydrogen) atoms. The zero-order valence-corrected chi connectivity index (χ0v) is 18.4. The van der Waals surface area contributed by atoms with Gasteiger partial charge in [0.2, 0.25) is 5.91 Å². The van der Waals surface area contributed by atoms with Gasteiger partial charge in [-0.2, -0.15) is 0 Å². The smallest absolute Gasteiger partial charge is 0.261 e. The van der Waals surface area contributed by atoms with E-state index in [-0.39, 0.29) is 24.3 Å². The first kappa shape index (κ1) is 20.9. The van der Waals surface area contributed by atoms with Gasteiger partial charge in [-0.25, -0.2) is 4.98 Å². The summed E-state index contributed by atoms with van der Waals surface area (Å²) < 4.78 is 5.22. The van der Waals surface area contributed by atoms with Crippen molar-refractivity contribution in [1.29, 1.82) is 0 Å². The molecule has 2 aromatic carbocycles. The summed E-state index contributed by atoms with van der Waals surface area (Å²) in [4.78, 5) is 32.8. The van der Waals surface area contributed by atoms with E-state index in [0.717, 1.165) is 21.9 Å². The number of anilines is 2. The van der Waals surface area contributed by atoms with Crippen LogP contribution in [0.15, 0.2) is 70.7 Å². The van der Waals surface area contributed by atoms with E-state index in [2.05, 4.69) is 10.3 Å². The Balaban J connectivity index is 1.61. The predicted molar refractivity (Wildman–Crippen MR) is 122 cm³/mol. The number of hydrogen-bond donors (Lipinski definition) is 1. The van der Waals surface area contributed by atoms with Crippen molar-refractivity contribution in [3.05, 3.63) is 71.9 Å². The molecule has 0 radical (unpaired) electrons. The highest BCUT2D eigenvalue weighted by Crippen LogP contribution is 2.42. The van der Waals surface area contributed by atoms with Crippen molar-refractivity contribution >= 4 is 35.0 Å². The van der Waals surface area contributed by atoms with E-state index < -0.39 is 0 Å². The Labute approximate surface area is 185 Å². The molecule has 1 N–H and O–H groups in total. The van der Waals surface area contributed by atoms with Crippen molar-refractivity contribution in [1.82, 2.24) is 4.98 Å². The molecule has 2 heterocycles. The van der Waals surface area contributed by atoms with Gasteiger partial charge in [-0.1, -0.05) is 23.9 Å². The van der Waals surface area contributed by atoms with E-state index in [4.69, 9.17) is 4.74 Å². The molecule has 0 saturated heterocycles. The maximum atomic E-state index is 13.2. The lowest BCUT2D eigenvalue weighted by atomic mass is 10.1. The van der Waals surface area contributed by atoms with Crippen LogP contribution in [-0.2, 0) is 11.2 Å². The van der Waals surface area contributed by atoms with E-state index in [9.17, 15) is 9.59 Å². The molecule has 2 amide bonds. The van der Waals surface area contributed by atoms with Crippen molar-refractivity contribution in [2.24, 2.45) is 0 Å². The highest BCUT2D eigenvalue weighted by atomic mass is 32.2. The van der Waals surface area contributed by atoms with Crippen LogP contribution in [0.5, 0.6) is 5.75 Å². The van der Waals surface area contributed by atoms with E-state index in [0.29, 0.717) is 16.3 Å². The number of nitrogens with one attached hydrogen (secondary N) is 1. The van der Waals surface area contributed by atoms with E-state index in [1.807, 2.05) is 56.3 Å². The average molecular weight is 434 g/mol. The van der Waals surface area contributed by atoms with Crippen LogP contribution >= 0.6 is 11.8 Å². The number of amides is 2. The molecule has 0 fully saturated rings. The Bertz CT molecular complexity index is 1150. The number of hydrogen-bond acceptors (Lipinski definition) is 5. The average Bonchev–Trinajstić information content (AvgIpc) is 2.87. The monoisotopic (exact) mass is 433 g/mol. The molecule has 158 valence electrons. The molecule has 7 heteroatoms. The second kappa shape index (κ2) is 8.81. The van der Waals surface area contributed by atoms with E-state index in [1.54, 1.807) is 30.3 Å². The van der Waals surface area contributed by atoms with Gasteiger partial charge in [0.1, 0.15) is 10.8 Å². The molecule has 0 unspecified atom stereocenters. The summed E-state index contributed by atoms with van der Waals surface area (Å²) in [6.07, 6.45) is 1.92. The summed E-state index contributed by atoms with van der Waals surface area (Å²) in [7, 11) is 1.60. The Morgan fingerprint density at radius 3 is 2.77 bits per heavy atom. The summed E-state index contributed by atoms with van der Waals surface area (Å²) in [5.74, 6) is 0.526. The fourth-order valence-electron chi connectivity index (χ4n) is 3.54. The number of pyridine rings is 1. The molecule has 0 saturated carbocycles. The third kappa shape index (κ3) is 4.41. The first-order chi connectivity index (χ1) is 15.0. The van der Waals surface area contributed by atoms with Crippen molar-refractivity contribution in [3.63, 3.8) is 0 Å². The number of carbonyl (C=O) groups is 2. The molecule has 3 aromatic rings. The van der Waals surface area contributed by atoms with Gasteiger partial charge in [-0.05, 0) is 61.9 Å². The van der Waals surface area contributed by atoms with Crippen molar-refractivity contribution < 1.29 is 14.3 Å². The molecule has 0 aliphatic carbocycles. The molecule has 6 nitrogen and oxygen atoms in total. The van der Waals surface area contributed by atoms with Crippen LogP contribution in [0.25, 0.3) is 0 Å². The summed E-state index contributed by atoms with van der Waals surface area (Å²) >= 11 is 1.44. The topological polar surface area (TPSA) is 71.5 Å². The number of rotatable bonds is 5. The number of carbonyl (C=O) groups excluding carboxylic acids is 2. The predicted octanol–water partition coefficient (Wildman–Crippen LogP) is 4.79. The highest BCUT2D eigenvalue weighted by molar-refractivity contribution is 7.99. The lowest BCUT2D eigenvalue weighted by molar-refractivity contribution is -0.115. The molecule has 4 rings (SSSR count). The first-order valence-corrected chi connectivity index (χ1v) is 10.8. The molecule has 1 aliphatic heterocycles. The van der Waals surface area contributed by atoms with Crippen molar-refractivity contribution in [2.75, 3.05) is 17.3 Å². The number of fused-ring (bicyclic) bond motifs is 2. The number of methoxy groups -OCH3 is 1. The van der Waals surface area contributed by atoms with Crippen LogP contribution in [0.1, 0.15) is 29.8 Å². The summed E-state index contributed by atoms with van der Waals surface area (Å²) in [5, 5.41) is 3.62. The Hall–Kier alpha value is -3.32. The third-order valence-electron chi connectivity index (χ3n) is 4.95. The number of nitrogens with zero attached hydrogens (tertiary/aromatic N) is 2. The van der Waals surface area contributed by atoms with Gasteiger partial charge in [0, 0.05) is 22.8 Å². The number of ether oxygens (including phenoxy) is 1. The molecule has 0 atom stereocenters. The van der Waals surface area contributed by atoms with Crippen molar-refractivity contribution in [3.8, 4) is 5.75 Å². The van der Waals surface area contributed by atoms with Gasteiger partial charge in [-0.15, -0.1) is 0 Å². The van der Waals surface area contributed by atoms with Crippen LogP contribution in [0.3, 0.4) is 0 Å². The van der Waals surface area contributed by atoms with Gasteiger partial charge in [0.05, 0.1) is 24.8 Å². The minimum Gasteiger partial charge on any atom is -0.497 e. The second-order valence-electron chi connectivity index (χ2n) is 7.49. The second-order valence-corrected chi connectivity index (χ2v) is 8.52. The summed E-state index contributed by atoms with van der Waals surface area (Å²) in [6.45, 7) is 3.97. The van der Waals surface area contributed by atoms with Gasteiger partial charge in [0.25, 0.3) is 5.91 Å². The number of aromatic nitrogens is 1. The van der Waals surface area contributed by atoms with Gasteiger partial charge in [-0.3, -0.25) is 9.59 Å². The fourth-order valence-corrected chi connectivity index (χ4v) is 4.58. The SMILES string of the molecule is COc1cccc(CC(=O)Nc2ccc3c(c2)Sc2ncccc2C(=O)N3C(C)C)c1. The molecular weight excluding hydrogens is 410 g/mol. The normalized spacial score (nSPS) is 12.8. The highest BCUT2D eigenvalue weighted by Gasteiger charge is 2.30. The van der Waals surface area contributed by atoms with E-state index >= 15 is 0 Å². The quantitative estimate of drug-likeness (QED) is 0.626. The Morgan fingerprint density at radius 2 is 2.00 bits per heavy atom. The maximum absolute atomic E-state index is 13.2. The third-order valence-corrected chi connectivity index (χ3v) is 6.01. The first-order valence-electron chi connectivity index (χ1n) is 9.99. The number of benzene rings is 2. The zero-order valence-electron chi connectivity index (χ0n) is 17.6. The Morgan fingerprint density at radius 1 is 1.16 bits per heavy atom. The summed E-state index contributed by atoms with van der Waals surface area (Å²) in [5.41, 5.74) is 2.94. The maximum Gasteiger partial charge on any atom is 0.261 e. The van der Waals surface area contributed by atoms with Crippen LogP contribution in [0, 0.1) is 0 Å². The standard InChI is InChI=1S/C24H23N3O3S/c1-15(2)27-20-10-9-17(26-22(28)13-16-6-4-7-18(12-16)30-3)14-21(20)31-23-19(24(27)29)8-5-11-25-23/h4-12,14-15H,13H2,1-3H3,(H,26,28).